The van der Waals surface area contributed by atoms with Crippen molar-refractivity contribution in [2.75, 3.05) is 24.1 Å². The van der Waals surface area contributed by atoms with Crippen LogP contribution in [0.25, 0.3) is 0 Å². The van der Waals surface area contributed by atoms with Crippen molar-refractivity contribution in [3.63, 3.8) is 0 Å². The van der Waals surface area contributed by atoms with Crippen molar-refractivity contribution in [1.29, 1.82) is 0 Å². The zero-order valence-corrected chi connectivity index (χ0v) is 19.4. The molecule has 1 saturated heterocycles. The number of amides is 1. The zero-order chi connectivity index (χ0) is 22.2. The lowest BCUT2D eigenvalue weighted by Gasteiger charge is -2.31. The smallest absolute Gasteiger partial charge is 0.243 e. The van der Waals surface area contributed by atoms with Crippen LogP contribution in [0.1, 0.15) is 36.8 Å². The van der Waals surface area contributed by atoms with Crippen LogP contribution in [-0.4, -0.2) is 31.7 Å². The van der Waals surface area contributed by atoms with Gasteiger partial charge < -0.3 is 11.1 Å². The van der Waals surface area contributed by atoms with E-state index in [0.29, 0.717) is 36.5 Å². The maximum atomic E-state index is 13.1. The zero-order valence-electron chi connectivity index (χ0n) is 17.0. The normalized spacial score (nSPS) is 17.9. The van der Waals surface area contributed by atoms with Gasteiger partial charge in [-0.05, 0) is 73.9 Å². The van der Waals surface area contributed by atoms with E-state index in [1.165, 1.54) is 9.87 Å². The van der Waals surface area contributed by atoms with E-state index in [0.717, 1.165) is 31.2 Å². The fourth-order valence-corrected chi connectivity index (χ4v) is 6.29. The minimum atomic E-state index is -3.57. The number of benzene rings is 2. The highest BCUT2D eigenvalue weighted by molar-refractivity contribution is 7.89. The third kappa shape index (κ3) is 4.70. The standard InChI is InChI=1S/C22H25Cl2N3O3S/c23-19-12-17(13-20(24)21(19)25)26-22(28)15-7-9-27(10-8-15)31(29,30)18-6-5-14-3-1-2-4-16(14)11-18/h5-6,11-13,15H,1-4,7-10,25H2,(H,26,28). The number of carbonyl (C=O) groups is 1. The molecule has 0 bridgehead atoms. The predicted molar refractivity (Wildman–Crippen MR) is 124 cm³/mol. The molecule has 0 unspecified atom stereocenters. The van der Waals surface area contributed by atoms with Crippen molar-refractivity contribution in [2.45, 2.75) is 43.4 Å². The number of anilines is 2. The Hall–Kier alpha value is -1.80. The van der Waals surface area contributed by atoms with Crippen molar-refractivity contribution >= 4 is 50.5 Å². The monoisotopic (exact) mass is 481 g/mol. The maximum absolute atomic E-state index is 13.1. The highest BCUT2D eigenvalue weighted by atomic mass is 35.5. The van der Waals surface area contributed by atoms with Crippen LogP contribution in [0, 0.1) is 5.92 Å². The molecule has 1 amide bonds. The first kappa shape index (κ1) is 22.4. The number of rotatable bonds is 4. The van der Waals surface area contributed by atoms with Gasteiger partial charge in [0, 0.05) is 24.7 Å². The number of hydrogen-bond donors (Lipinski definition) is 2. The van der Waals surface area contributed by atoms with Crippen molar-refractivity contribution < 1.29 is 13.2 Å². The highest BCUT2D eigenvalue weighted by Gasteiger charge is 2.32. The summed E-state index contributed by atoms with van der Waals surface area (Å²) in [6, 6.07) is 8.60. The topological polar surface area (TPSA) is 92.5 Å². The number of fused-ring (bicyclic) bond motifs is 1. The van der Waals surface area contributed by atoms with Crippen LogP contribution in [0.15, 0.2) is 35.2 Å². The number of piperidine rings is 1. The lowest BCUT2D eigenvalue weighted by Crippen LogP contribution is -2.41. The summed E-state index contributed by atoms with van der Waals surface area (Å²) in [5.41, 5.74) is 8.86. The van der Waals surface area contributed by atoms with Crippen molar-refractivity contribution in [3.8, 4) is 0 Å². The number of nitrogen functional groups attached to an aromatic ring is 1. The minimum absolute atomic E-state index is 0.178. The lowest BCUT2D eigenvalue weighted by atomic mass is 9.92. The Morgan fingerprint density at radius 2 is 1.61 bits per heavy atom. The second-order valence-corrected chi connectivity index (χ2v) is 10.9. The van der Waals surface area contributed by atoms with Crippen molar-refractivity contribution in [1.82, 2.24) is 4.31 Å². The van der Waals surface area contributed by atoms with Crippen LogP contribution < -0.4 is 11.1 Å². The molecule has 166 valence electrons. The van der Waals surface area contributed by atoms with Gasteiger partial charge in [0.1, 0.15) is 0 Å². The largest absolute Gasteiger partial charge is 0.396 e. The molecule has 1 heterocycles. The summed E-state index contributed by atoms with van der Waals surface area (Å²) >= 11 is 12.1. The Morgan fingerprint density at radius 3 is 2.26 bits per heavy atom. The van der Waals surface area contributed by atoms with Gasteiger partial charge in [0.2, 0.25) is 15.9 Å². The third-order valence-corrected chi connectivity index (χ3v) is 8.65. The maximum Gasteiger partial charge on any atom is 0.243 e. The van der Waals surface area contributed by atoms with Crippen molar-refractivity contribution in [3.05, 3.63) is 51.5 Å². The van der Waals surface area contributed by atoms with Crippen LogP contribution >= 0.6 is 23.2 Å². The molecule has 1 aliphatic heterocycles. The van der Waals surface area contributed by atoms with Crippen LogP contribution in [0.4, 0.5) is 11.4 Å². The first-order chi connectivity index (χ1) is 14.8. The number of nitrogens with one attached hydrogen (secondary N) is 1. The fraction of sp³-hybridized carbons (Fsp3) is 0.409. The lowest BCUT2D eigenvalue weighted by molar-refractivity contribution is -0.120. The second-order valence-electron chi connectivity index (χ2n) is 8.16. The molecule has 0 saturated carbocycles. The summed E-state index contributed by atoms with van der Waals surface area (Å²) in [4.78, 5) is 13.0. The molecule has 0 spiro atoms. The van der Waals surface area contributed by atoms with Crippen LogP contribution in [-0.2, 0) is 27.7 Å². The van der Waals surface area contributed by atoms with Gasteiger partial charge in [-0.25, -0.2) is 8.42 Å². The van der Waals surface area contributed by atoms with Gasteiger partial charge in [-0.2, -0.15) is 4.31 Å². The molecule has 4 rings (SSSR count). The number of sulfonamides is 1. The molecule has 3 N–H and O–H groups in total. The fourth-order valence-electron chi connectivity index (χ4n) is 4.28. The van der Waals surface area contributed by atoms with E-state index in [2.05, 4.69) is 5.32 Å². The van der Waals surface area contributed by atoms with Gasteiger partial charge in [-0.3, -0.25) is 4.79 Å². The molecule has 0 radical (unpaired) electrons. The number of hydrogen-bond acceptors (Lipinski definition) is 4. The van der Waals surface area contributed by atoms with E-state index in [1.807, 2.05) is 12.1 Å². The molecule has 9 heteroatoms. The summed E-state index contributed by atoms with van der Waals surface area (Å²) in [7, 11) is -3.57. The second kappa shape index (κ2) is 8.98. The van der Waals surface area contributed by atoms with E-state index in [9.17, 15) is 13.2 Å². The van der Waals surface area contributed by atoms with Crippen LogP contribution in [0.2, 0.25) is 10.0 Å². The molecule has 1 fully saturated rings. The molecule has 2 aromatic rings. The van der Waals surface area contributed by atoms with Gasteiger partial charge in [0.05, 0.1) is 20.6 Å². The first-order valence-electron chi connectivity index (χ1n) is 10.4. The number of halogens is 2. The van der Waals surface area contributed by atoms with E-state index in [4.69, 9.17) is 28.9 Å². The summed E-state index contributed by atoms with van der Waals surface area (Å²) in [5, 5.41) is 3.35. The average molecular weight is 482 g/mol. The molecular formula is C22H25Cl2N3O3S. The molecule has 6 nitrogen and oxygen atoms in total. The van der Waals surface area contributed by atoms with Gasteiger partial charge in [0.25, 0.3) is 0 Å². The Morgan fingerprint density at radius 1 is 1.00 bits per heavy atom. The minimum Gasteiger partial charge on any atom is -0.396 e. The molecule has 0 atom stereocenters. The predicted octanol–water partition coefficient (Wildman–Crippen LogP) is 4.49. The highest BCUT2D eigenvalue weighted by Crippen LogP contribution is 2.32. The first-order valence-corrected chi connectivity index (χ1v) is 12.6. The van der Waals surface area contributed by atoms with Crippen molar-refractivity contribution in [2.24, 2.45) is 5.92 Å². The molecule has 2 aliphatic rings. The summed E-state index contributed by atoms with van der Waals surface area (Å²) in [5.74, 6) is -0.465. The van der Waals surface area contributed by atoms with Gasteiger partial charge in [0.15, 0.2) is 0 Å². The molecule has 1 aliphatic carbocycles. The summed E-state index contributed by atoms with van der Waals surface area (Å²) < 4.78 is 27.7. The SMILES string of the molecule is Nc1c(Cl)cc(NC(=O)C2CCN(S(=O)(=O)c3ccc4c(c3)CCCC4)CC2)cc1Cl. The number of carbonyl (C=O) groups excluding carboxylic acids is 1. The Kier molecular flexibility index (Phi) is 6.49. The number of nitrogens with zero attached hydrogens (tertiary/aromatic N) is 1. The number of nitrogens with two attached hydrogens (primary N) is 1. The molecule has 2 aromatic carbocycles. The van der Waals surface area contributed by atoms with E-state index >= 15 is 0 Å². The summed E-state index contributed by atoms with van der Waals surface area (Å²) in [6.45, 7) is 0.613. The molecule has 0 aromatic heterocycles. The average Bonchev–Trinajstić information content (AvgIpc) is 2.77. The van der Waals surface area contributed by atoms with Crippen LogP contribution in [0.5, 0.6) is 0 Å². The van der Waals surface area contributed by atoms with E-state index < -0.39 is 10.0 Å². The molecule has 31 heavy (non-hydrogen) atoms. The Balaban J connectivity index is 1.40. The Labute approximate surface area is 192 Å². The van der Waals surface area contributed by atoms with Crippen LogP contribution in [0.3, 0.4) is 0 Å². The van der Waals surface area contributed by atoms with Gasteiger partial charge >= 0.3 is 0 Å². The Bertz CT molecular complexity index is 1090. The third-order valence-electron chi connectivity index (χ3n) is 6.13. The quantitative estimate of drug-likeness (QED) is 0.628. The van der Waals surface area contributed by atoms with E-state index in [-0.39, 0.29) is 27.6 Å². The van der Waals surface area contributed by atoms with Gasteiger partial charge in [-0.1, -0.05) is 29.3 Å². The summed E-state index contributed by atoms with van der Waals surface area (Å²) in [6.07, 6.45) is 5.10. The number of aryl methyl sites for hydroxylation is 2. The van der Waals surface area contributed by atoms with E-state index in [1.54, 1.807) is 18.2 Å². The molecular weight excluding hydrogens is 457 g/mol. The van der Waals surface area contributed by atoms with Gasteiger partial charge in [-0.15, -0.1) is 0 Å².